The van der Waals surface area contributed by atoms with E-state index in [2.05, 4.69) is 10.0 Å². The number of fused-ring (bicyclic) bond motifs is 1. The van der Waals surface area contributed by atoms with E-state index < -0.39 is 16.1 Å². The number of benzene rings is 1. The molecule has 1 atom stereocenters. The molecule has 20 heavy (non-hydrogen) atoms. The molecule has 7 nitrogen and oxygen atoms in total. The number of amides is 1. The molecule has 8 heteroatoms. The van der Waals surface area contributed by atoms with Crippen molar-refractivity contribution < 1.29 is 22.7 Å². The van der Waals surface area contributed by atoms with Gasteiger partial charge in [-0.05, 0) is 18.6 Å². The maximum Gasteiger partial charge on any atom is 0.245 e. The van der Waals surface area contributed by atoms with Crippen molar-refractivity contribution in [2.24, 2.45) is 0 Å². The Labute approximate surface area is 116 Å². The molecule has 2 aliphatic rings. The summed E-state index contributed by atoms with van der Waals surface area (Å²) in [6.07, 6.45) is 0.435. The highest BCUT2D eigenvalue weighted by molar-refractivity contribution is 7.89. The molecule has 0 spiro atoms. The van der Waals surface area contributed by atoms with Gasteiger partial charge in [-0.3, -0.25) is 4.79 Å². The van der Waals surface area contributed by atoms with Crippen molar-refractivity contribution in [3.05, 3.63) is 18.2 Å². The van der Waals surface area contributed by atoms with Crippen LogP contribution in [0.1, 0.15) is 6.42 Å². The van der Waals surface area contributed by atoms with Gasteiger partial charge in [-0.2, -0.15) is 4.72 Å². The first-order chi connectivity index (χ1) is 9.58. The van der Waals surface area contributed by atoms with E-state index in [1.54, 1.807) is 12.1 Å². The maximum atomic E-state index is 12.4. The average molecular weight is 298 g/mol. The van der Waals surface area contributed by atoms with Crippen molar-refractivity contribution in [3.63, 3.8) is 0 Å². The second kappa shape index (κ2) is 4.95. The van der Waals surface area contributed by atoms with Gasteiger partial charge in [0.1, 0.15) is 24.2 Å². The number of nitrogens with one attached hydrogen (secondary N) is 2. The van der Waals surface area contributed by atoms with E-state index in [0.29, 0.717) is 31.9 Å². The zero-order valence-corrected chi connectivity index (χ0v) is 11.4. The van der Waals surface area contributed by atoms with E-state index in [9.17, 15) is 13.2 Å². The van der Waals surface area contributed by atoms with Crippen molar-refractivity contribution >= 4 is 15.9 Å². The number of hydrogen-bond donors (Lipinski definition) is 2. The Morgan fingerprint density at radius 2 is 2.05 bits per heavy atom. The quantitative estimate of drug-likeness (QED) is 0.794. The lowest BCUT2D eigenvalue weighted by atomic mass is 10.3. The highest BCUT2D eigenvalue weighted by Crippen LogP contribution is 2.36. The van der Waals surface area contributed by atoms with Crippen LogP contribution in [0.5, 0.6) is 11.5 Å². The molecule has 1 aromatic rings. The summed E-state index contributed by atoms with van der Waals surface area (Å²) in [5.74, 6) is 0.287. The highest BCUT2D eigenvalue weighted by Gasteiger charge is 2.32. The molecule has 0 bridgehead atoms. The van der Waals surface area contributed by atoms with Crippen LogP contribution < -0.4 is 19.5 Å². The summed E-state index contributed by atoms with van der Waals surface area (Å²) in [6, 6.07) is 3.93. The van der Waals surface area contributed by atoms with Crippen LogP contribution in [-0.4, -0.2) is 40.1 Å². The van der Waals surface area contributed by atoms with Crippen molar-refractivity contribution in [3.8, 4) is 11.5 Å². The summed E-state index contributed by atoms with van der Waals surface area (Å²) in [6.45, 7) is 1.15. The average Bonchev–Trinajstić information content (AvgIpc) is 2.83. The van der Waals surface area contributed by atoms with Gasteiger partial charge in [0, 0.05) is 6.54 Å². The van der Waals surface area contributed by atoms with E-state index in [4.69, 9.17) is 9.47 Å². The number of carbonyl (C=O) groups excluding carboxylic acids is 1. The van der Waals surface area contributed by atoms with Crippen LogP contribution in [0.3, 0.4) is 0 Å². The molecule has 0 aromatic heterocycles. The Morgan fingerprint density at radius 3 is 2.80 bits per heavy atom. The molecule has 1 saturated heterocycles. The molecule has 1 amide bonds. The van der Waals surface area contributed by atoms with Crippen molar-refractivity contribution in [1.29, 1.82) is 0 Å². The van der Waals surface area contributed by atoms with Gasteiger partial charge in [-0.25, -0.2) is 8.42 Å². The fourth-order valence-electron chi connectivity index (χ4n) is 2.22. The summed E-state index contributed by atoms with van der Waals surface area (Å²) in [5, 5.41) is 2.58. The van der Waals surface area contributed by atoms with E-state index in [-0.39, 0.29) is 16.6 Å². The Kier molecular flexibility index (Phi) is 3.27. The lowest BCUT2D eigenvalue weighted by Crippen LogP contribution is -2.40. The normalized spacial score (nSPS) is 21.6. The molecule has 2 aliphatic heterocycles. The SMILES string of the molecule is O=C1NCCC1NS(=O)(=O)c1cccc2c1OCCO2. The molecule has 1 unspecified atom stereocenters. The van der Waals surface area contributed by atoms with Crippen LogP contribution >= 0.6 is 0 Å². The Balaban J connectivity index is 1.93. The Bertz CT molecular complexity index is 643. The van der Waals surface area contributed by atoms with Crippen LogP contribution in [0, 0.1) is 0 Å². The summed E-state index contributed by atoms with van der Waals surface area (Å²) in [4.78, 5) is 11.5. The van der Waals surface area contributed by atoms with Crippen LogP contribution in [0.15, 0.2) is 23.1 Å². The monoisotopic (exact) mass is 298 g/mol. The fourth-order valence-corrected chi connectivity index (χ4v) is 3.60. The van der Waals surface area contributed by atoms with Gasteiger partial charge in [-0.15, -0.1) is 0 Å². The molecule has 108 valence electrons. The van der Waals surface area contributed by atoms with E-state index >= 15 is 0 Å². The van der Waals surface area contributed by atoms with Gasteiger partial charge < -0.3 is 14.8 Å². The third kappa shape index (κ3) is 2.32. The highest BCUT2D eigenvalue weighted by atomic mass is 32.2. The summed E-state index contributed by atoms with van der Waals surface area (Å²) in [7, 11) is -3.83. The predicted octanol–water partition coefficient (Wildman–Crippen LogP) is -0.375. The molecule has 3 rings (SSSR count). The zero-order chi connectivity index (χ0) is 14.2. The van der Waals surface area contributed by atoms with Crippen LogP contribution in [0.25, 0.3) is 0 Å². The van der Waals surface area contributed by atoms with Crippen LogP contribution in [0.4, 0.5) is 0 Å². The standard InChI is InChI=1S/C12H14N2O5S/c15-12-8(4-5-13-12)14-20(16,17)10-3-1-2-9-11(10)19-7-6-18-9/h1-3,8,14H,4-7H2,(H,13,15). The van der Waals surface area contributed by atoms with Gasteiger partial charge in [0.25, 0.3) is 0 Å². The fraction of sp³-hybridized carbons (Fsp3) is 0.417. The largest absolute Gasteiger partial charge is 0.486 e. The minimum Gasteiger partial charge on any atom is -0.486 e. The smallest absolute Gasteiger partial charge is 0.245 e. The molecule has 2 heterocycles. The molecular formula is C12H14N2O5S. The summed E-state index contributed by atoms with van der Waals surface area (Å²) >= 11 is 0. The number of hydrogen-bond acceptors (Lipinski definition) is 5. The molecule has 1 fully saturated rings. The second-order valence-electron chi connectivity index (χ2n) is 4.53. The van der Waals surface area contributed by atoms with Crippen LogP contribution in [-0.2, 0) is 14.8 Å². The first-order valence-corrected chi connectivity index (χ1v) is 7.75. The molecule has 0 saturated carbocycles. The van der Waals surface area contributed by atoms with Crippen LogP contribution in [0.2, 0.25) is 0 Å². The van der Waals surface area contributed by atoms with Gasteiger partial charge in [0.15, 0.2) is 11.5 Å². The van der Waals surface area contributed by atoms with Gasteiger partial charge in [0.05, 0.1) is 0 Å². The third-order valence-electron chi connectivity index (χ3n) is 3.17. The topological polar surface area (TPSA) is 93.7 Å². The minimum atomic E-state index is -3.83. The van der Waals surface area contributed by atoms with Crippen molar-refractivity contribution in [2.75, 3.05) is 19.8 Å². The molecule has 0 aliphatic carbocycles. The molecule has 0 radical (unpaired) electrons. The molecule has 2 N–H and O–H groups in total. The molecular weight excluding hydrogens is 284 g/mol. The van der Waals surface area contributed by atoms with E-state index in [0.717, 1.165) is 0 Å². The van der Waals surface area contributed by atoms with Crippen molar-refractivity contribution in [2.45, 2.75) is 17.4 Å². The zero-order valence-electron chi connectivity index (χ0n) is 10.6. The van der Waals surface area contributed by atoms with Gasteiger partial charge in [0.2, 0.25) is 15.9 Å². The first-order valence-electron chi connectivity index (χ1n) is 6.26. The second-order valence-corrected chi connectivity index (χ2v) is 6.22. The summed E-state index contributed by atoms with van der Waals surface area (Å²) in [5.41, 5.74) is 0. The number of ether oxygens (including phenoxy) is 2. The summed E-state index contributed by atoms with van der Waals surface area (Å²) < 4.78 is 37.9. The van der Waals surface area contributed by atoms with E-state index in [1.807, 2.05) is 0 Å². The first kappa shape index (κ1) is 13.2. The van der Waals surface area contributed by atoms with E-state index in [1.165, 1.54) is 6.07 Å². The Morgan fingerprint density at radius 1 is 1.25 bits per heavy atom. The number of rotatable bonds is 3. The lowest BCUT2D eigenvalue weighted by Gasteiger charge is -2.21. The van der Waals surface area contributed by atoms with Gasteiger partial charge in [-0.1, -0.05) is 6.07 Å². The molecule has 1 aromatic carbocycles. The Hall–Kier alpha value is -1.80. The third-order valence-corrected chi connectivity index (χ3v) is 4.66. The number of carbonyl (C=O) groups is 1. The number of sulfonamides is 1. The lowest BCUT2D eigenvalue weighted by molar-refractivity contribution is -0.120. The van der Waals surface area contributed by atoms with Gasteiger partial charge >= 0.3 is 0 Å². The minimum absolute atomic E-state index is 0.00519. The number of para-hydroxylation sites is 1. The van der Waals surface area contributed by atoms with Crippen molar-refractivity contribution in [1.82, 2.24) is 10.0 Å². The maximum absolute atomic E-state index is 12.4. The predicted molar refractivity (Wildman–Crippen MR) is 69.2 cm³/mol.